The van der Waals surface area contributed by atoms with Crippen molar-refractivity contribution in [2.24, 2.45) is 0 Å². The molecule has 3 nitrogen and oxygen atoms in total. The zero-order chi connectivity index (χ0) is 4.28. The van der Waals surface area contributed by atoms with Gasteiger partial charge in [-0.05, 0) is 0 Å². The van der Waals surface area contributed by atoms with Gasteiger partial charge in [-0.2, -0.15) is 0 Å². The van der Waals surface area contributed by atoms with Crippen LogP contribution in [0.2, 0.25) is 0 Å². The van der Waals surface area contributed by atoms with Crippen LogP contribution < -0.4 is 0 Å². The van der Waals surface area contributed by atoms with Crippen LogP contribution in [0.25, 0.3) is 0 Å². The summed E-state index contributed by atoms with van der Waals surface area (Å²) in [7, 11) is 0. The molecule has 0 unspecified atom stereocenters. The summed E-state index contributed by atoms with van der Waals surface area (Å²) in [4.78, 5) is 7.75. The molecule has 0 aliphatic carbocycles. The van der Waals surface area contributed by atoms with E-state index in [1.807, 2.05) is 0 Å². The quantitative estimate of drug-likeness (QED) is 0.495. The molecule has 1 N–H and O–H groups in total. The first-order valence-corrected chi connectivity index (χ1v) is 1.75. The van der Waals surface area contributed by atoms with Crippen molar-refractivity contribution in [2.45, 2.75) is 0 Å². The van der Waals surface area contributed by atoms with Crippen LogP contribution in [0.1, 0.15) is 0 Å². The second kappa shape index (κ2) is 2.05. The fourth-order valence-corrected chi connectivity index (χ4v) is 0. The van der Waals surface area contributed by atoms with E-state index in [2.05, 4.69) is 0 Å². The van der Waals surface area contributed by atoms with Crippen molar-refractivity contribution >= 4 is 4.87 Å². The van der Waals surface area contributed by atoms with Gasteiger partial charge in [0, 0.05) is 0 Å². The fourth-order valence-electron chi connectivity index (χ4n) is 0. The molecular formula is CHFeO3. The van der Waals surface area contributed by atoms with E-state index < -0.39 is 19.8 Å². The summed E-state index contributed by atoms with van der Waals surface area (Å²) >= 11 is -1.03. The Morgan fingerprint density at radius 2 is 2.00 bits per heavy atom. The van der Waals surface area contributed by atoms with Crippen molar-refractivity contribution < 1.29 is 28.6 Å². The van der Waals surface area contributed by atoms with Crippen molar-refractivity contribution in [2.75, 3.05) is 0 Å². The first kappa shape index (κ1) is 4.79. The van der Waals surface area contributed by atoms with Gasteiger partial charge >= 0.3 is 33.5 Å². The molecule has 31 valence electrons. The molecule has 0 aromatic heterocycles. The molecule has 0 saturated heterocycles. The Morgan fingerprint density at radius 1 is 1.80 bits per heavy atom. The predicted molar refractivity (Wildman–Crippen MR) is 8.71 cm³/mol. The van der Waals surface area contributed by atoms with Gasteiger partial charge in [-0.25, -0.2) is 0 Å². The Kier molecular flexibility index (Phi) is 1.97. The standard InChI is InChI=1S/CHO2.Fe.O/c2-1-3;;/h(H,2,3);;. The fraction of sp³-hybridized carbons (Fsp3) is 0. The molecule has 4 heteroatoms. The van der Waals surface area contributed by atoms with E-state index >= 15 is 0 Å². The van der Waals surface area contributed by atoms with Crippen molar-refractivity contribution in [3.05, 3.63) is 0 Å². The van der Waals surface area contributed by atoms with E-state index in [1.54, 1.807) is 0 Å². The third-order valence-electron chi connectivity index (χ3n) is 0.0617. The van der Waals surface area contributed by atoms with E-state index in [0.717, 1.165) is 0 Å². The SMILES string of the molecule is [O]=[Fe][C](=O)O. The van der Waals surface area contributed by atoms with Crippen LogP contribution in [0.15, 0.2) is 0 Å². The zero-order valence-corrected chi connectivity index (χ0v) is 3.22. The molecular weight excluding hydrogens is 116 g/mol. The first-order valence-electron chi connectivity index (χ1n) is 0.749. The molecule has 0 aliphatic heterocycles. The Hall–Kier alpha value is -0.211. The average Bonchev–Trinajstić information content (AvgIpc) is 1.38. The number of carboxylic acid groups (broad SMARTS) is 1. The Balaban J connectivity index is 3.20. The van der Waals surface area contributed by atoms with Crippen molar-refractivity contribution in [1.29, 1.82) is 0 Å². The van der Waals surface area contributed by atoms with Crippen LogP contribution in [0.4, 0.5) is 4.79 Å². The van der Waals surface area contributed by atoms with Gasteiger partial charge in [0.2, 0.25) is 0 Å². The second-order valence-corrected chi connectivity index (χ2v) is 1.01. The second-order valence-electron chi connectivity index (χ2n) is 0.315. The number of rotatable bonds is 1. The Bertz CT molecular complexity index is 57.9. The van der Waals surface area contributed by atoms with E-state index in [0.29, 0.717) is 0 Å². The molecule has 0 aliphatic rings. The van der Waals surface area contributed by atoms with Gasteiger partial charge in [-0.1, -0.05) is 0 Å². The number of carbonyl (C=O) groups is 1. The summed E-state index contributed by atoms with van der Waals surface area (Å²) in [6.07, 6.45) is 0. The molecule has 0 amide bonds. The summed E-state index contributed by atoms with van der Waals surface area (Å²) in [5.74, 6) is 0. The molecule has 0 aromatic rings. The molecule has 0 fully saturated rings. The number of hydrogen-bond acceptors (Lipinski definition) is 2. The molecule has 0 saturated carbocycles. The van der Waals surface area contributed by atoms with Crippen LogP contribution >= 0.6 is 0 Å². The topological polar surface area (TPSA) is 54.4 Å². The predicted octanol–water partition coefficient (Wildman–Crippen LogP) is 0.0924. The molecule has 0 atom stereocenters. The number of hydrogen-bond donors (Lipinski definition) is 1. The van der Waals surface area contributed by atoms with Gasteiger partial charge < -0.3 is 0 Å². The maximum absolute atomic E-state index is 9.06. The molecule has 0 heterocycles. The van der Waals surface area contributed by atoms with E-state index in [9.17, 15) is 0 Å². The third-order valence-corrected chi connectivity index (χ3v) is 0.255. The van der Waals surface area contributed by atoms with E-state index in [1.165, 1.54) is 0 Å². The molecule has 0 bridgehead atoms. The summed E-state index contributed by atoms with van der Waals surface area (Å²) in [6, 6.07) is 0. The van der Waals surface area contributed by atoms with Crippen LogP contribution in [-0.2, 0) is 18.7 Å². The first-order chi connectivity index (χ1) is 2.27. The van der Waals surface area contributed by atoms with Crippen molar-refractivity contribution in [3.8, 4) is 0 Å². The maximum atomic E-state index is 9.06. The minimum atomic E-state index is -1.30. The molecule has 5 heavy (non-hydrogen) atoms. The third kappa shape index (κ3) is 3.79. The molecule has 0 spiro atoms. The van der Waals surface area contributed by atoms with Crippen LogP contribution in [0.3, 0.4) is 0 Å². The average molecular weight is 117 g/mol. The van der Waals surface area contributed by atoms with Crippen LogP contribution in [0.5, 0.6) is 0 Å². The summed E-state index contributed by atoms with van der Waals surface area (Å²) in [5.41, 5.74) is 0. The minimum absolute atomic E-state index is 1.03. The summed E-state index contributed by atoms with van der Waals surface area (Å²) in [6.45, 7) is 0. The van der Waals surface area contributed by atoms with Gasteiger partial charge in [0.15, 0.2) is 0 Å². The van der Waals surface area contributed by atoms with E-state index in [-0.39, 0.29) is 0 Å². The summed E-state index contributed by atoms with van der Waals surface area (Å²) < 4.78 is 9.03. The van der Waals surface area contributed by atoms with Crippen LogP contribution in [0, 0.1) is 0 Å². The zero-order valence-electron chi connectivity index (χ0n) is 2.12. The normalized spacial score (nSPS) is 7.20. The van der Waals surface area contributed by atoms with Crippen molar-refractivity contribution in [1.82, 2.24) is 0 Å². The van der Waals surface area contributed by atoms with Gasteiger partial charge in [-0.3, -0.25) is 0 Å². The van der Waals surface area contributed by atoms with E-state index in [4.69, 9.17) is 13.7 Å². The van der Waals surface area contributed by atoms with Gasteiger partial charge in [-0.15, -0.1) is 0 Å². The Labute approximate surface area is 34.3 Å². The van der Waals surface area contributed by atoms with Gasteiger partial charge in [0.1, 0.15) is 0 Å². The van der Waals surface area contributed by atoms with Gasteiger partial charge in [0.25, 0.3) is 0 Å². The summed E-state index contributed by atoms with van der Waals surface area (Å²) in [5, 5.41) is 7.41. The molecule has 0 aromatic carbocycles. The van der Waals surface area contributed by atoms with Gasteiger partial charge in [0.05, 0.1) is 0 Å². The molecule has 0 rings (SSSR count). The Morgan fingerprint density at radius 3 is 2.00 bits per heavy atom. The molecule has 0 radical (unpaired) electrons. The van der Waals surface area contributed by atoms with Crippen LogP contribution in [-0.4, -0.2) is 9.97 Å². The van der Waals surface area contributed by atoms with Crippen molar-refractivity contribution in [3.63, 3.8) is 0 Å². The monoisotopic (exact) mass is 117 g/mol.